The number of rotatable bonds is 12. The van der Waals surface area contributed by atoms with Gasteiger partial charge >= 0.3 is 10.3 Å². The van der Waals surface area contributed by atoms with Gasteiger partial charge in [0.05, 0.1) is 0 Å². The van der Waals surface area contributed by atoms with E-state index in [4.69, 9.17) is 4.55 Å². The van der Waals surface area contributed by atoms with Crippen molar-refractivity contribution in [3.05, 3.63) is 29.8 Å². The van der Waals surface area contributed by atoms with Crippen molar-refractivity contribution in [3.8, 4) is 0 Å². The van der Waals surface area contributed by atoms with E-state index >= 15 is 0 Å². The lowest BCUT2D eigenvalue weighted by Gasteiger charge is -2.03. The Labute approximate surface area is 139 Å². The van der Waals surface area contributed by atoms with Gasteiger partial charge in [-0.3, -0.25) is 0 Å². The quantitative estimate of drug-likeness (QED) is 0.350. The lowest BCUT2D eigenvalue weighted by atomic mass is 10.1. The number of aromatic nitrogens is 1. The molecule has 1 rings (SSSR count). The summed E-state index contributed by atoms with van der Waals surface area (Å²) in [5.41, 5.74) is 0.0227. The summed E-state index contributed by atoms with van der Waals surface area (Å²) in [4.78, 5) is 0. The second kappa shape index (κ2) is 10.7. The van der Waals surface area contributed by atoms with Crippen molar-refractivity contribution in [2.75, 3.05) is 0 Å². The first-order valence-corrected chi connectivity index (χ1v) is 10.0. The van der Waals surface area contributed by atoms with Crippen molar-refractivity contribution in [1.29, 1.82) is 0 Å². The highest BCUT2D eigenvalue weighted by Crippen LogP contribution is 2.12. The maximum absolute atomic E-state index is 13.8. The summed E-state index contributed by atoms with van der Waals surface area (Å²) in [5.74, 6) is -0.596. The lowest BCUT2D eigenvalue weighted by molar-refractivity contribution is -0.531. The third-order valence-electron chi connectivity index (χ3n) is 4.02. The maximum Gasteiger partial charge on any atom is 0.511 e. The van der Waals surface area contributed by atoms with E-state index in [1.54, 1.807) is 0 Å². The zero-order valence-corrected chi connectivity index (χ0v) is 14.8. The predicted molar refractivity (Wildman–Crippen MR) is 89.1 cm³/mol. The normalized spacial score (nSPS) is 11.8. The van der Waals surface area contributed by atoms with E-state index in [1.165, 1.54) is 63.3 Å². The maximum atomic E-state index is 13.8. The second-order valence-corrected chi connectivity index (χ2v) is 7.30. The topological polar surface area (TPSA) is 58.2 Å². The lowest BCUT2D eigenvalue weighted by Crippen LogP contribution is -2.46. The molecule has 1 N–H and O–H groups in total. The number of nitrogens with zero attached hydrogens (tertiary/aromatic N) is 1. The van der Waals surface area contributed by atoms with Gasteiger partial charge < -0.3 is 0 Å². The summed E-state index contributed by atoms with van der Waals surface area (Å²) in [6.45, 7) is 2.21. The Kier molecular flexibility index (Phi) is 9.33. The second-order valence-electron chi connectivity index (χ2n) is 6.01. The third kappa shape index (κ3) is 7.88. The number of pyridine rings is 1. The largest absolute Gasteiger partial charge is 0.511 e. The van der Waals surface area contributed by atoms with Crippen LogP contribution in [0.4, 0.5) is 4.39 Å². The molecule has 0 aliphatic rings. The van der Waals surface area contributed by atoms with Crippen molar-refractivity contribution in [2.24, 2.45) is 0 Å². The molecule has 0 fully saturated rings. The highest BCUT2D eigenvalue weighted by molar-refractivity contribution is 7.79. The highest BCUT2D eigenvalue weighted by atomic mass is 32.2. The molecule has 0 aromatic carbocycles. The van der Waals surface area contributed by atoms with Gasteiger partial charge in [-0.2, -0.15) is 4.39 Å². The van der Waals surface area contributed by atoms with Gasteiger partial charge in [0, 0.05) is 12.5 Å². The van der Waals surface area contributed by atoms with Crippen molar-refractivity contribution in [2.45, 2.75) is 77.6 Å². The summed E-state index contributed by atoms with van der Waals surface area (Å²) < 4.78 is 46.0. The van der Waals surface area contributed by atoms with Crippen molar-refractivity contribution in [1.82, 2.24) is 0 Å². The smallest absolute Gasteiger partial charge is 0.233 e. The summed E-state index contributed by atoms with van der Waals surface area (Å²) in [7, 11) is -4.44. The SMILES string of the molecule is CCCCCCCCCCCCc1c(F)ccc[n+]1S(=O)(=O)O. The fraction of sp³-hybridized carbons (Fsp3) is 0.706. The van der Waals surface area contributed by atoms with Crippen molar-refractivity contribution in [3.63, 3.8) is 0 Å². The van der Waals surface area contributed by atoms with Crippen LogP contribution in [-0.2, 0) is 16.7 Å². The average molecular weight is 346 g/mol. The first-order chi connectivity index (χ1) is 11.0. The van der Waals surface area contributed by atoms with E-state index in [0.29, 0.717) is 16.8 Å². The average Bonchev–Trinajstić information content (AvgIpc) is 2.49. The van der Waals surface area contributed by atoms with Gasteiger partial charge in [0.1, 0.15) is 0 Å². The molecule has 0 unspecified atom stereocenters. The van der Waals surface area contributed by atoms with Crippen LogP contribution in [0.1, 0.15) is 76.8 Å². The molecule has 0 atom stereocenters. The van der Waals surface area contributed by atoms with Crippen LogP contribution < -0.4 is 3.97 Å². The molecule has 6 heteroatoms. The number of hydrogen-bond donors (Lipinski definition) is 1. The molecule has 0 spiro atoms. The molecular formula is C17H29FNO3S+. The Hall–Kier alpha value is -1.01. The van der Waals surface area contributed by atoms with Gasteiger partial charge in [0.25, 0.3) is 0 Å². The molecular weight excluding hydrogens is 317 g/mol. The van der Waals surface area contributed by atoms with Crippen molar-refractivity contribution >= 4 is 10.3 Å². The zero-order valence-electron chi connectivity index (χ0n) is 14.0. The minimum Gasteiger partial charge on any atom is -0.233 e. The molecule has 0 radical (unpaired) electrons. The summed E-state index contributed by atoms with van der Waals surface area (Å²) in [6.07, 6.45) is 13.1. The summed E-state index contributed by atoms with van der Waals surface area (Å²) in [6, 6.07) is 2.48. The Morgan fingerprint density at radius 3 is 2.04 bits per heavy atom. The van der Waals surface area contributed by atoms with E-state index in [1.807, 2.05) is 0 Å². The van der Waals surface area contributed by atoms with Crippen LogP contribution in [0.15, 0.2) is 18.3 Å². The molecule has 0 saturated carbocycles. The molecule has 0 amide bonds. The molecule has 0 saturated heterocycles. The fourth-order valence-electron chi connectivity index (χ4n) is 2.72. The van der Waals surface area contributed by atoms with Crippen LogP contribution in [0.2, 0.25) is 0 Å². The fourth-order valence-corrected chi connectivity index (χ4v) is 3.40. The first kappa shape index (κ1) is 20.0. The van der Waals surface area contributed by atoms with Crippen molar-refractivity contribution < 1.29 is 21.3 Å². The Bertz CT molecular complexity index is 561. The highest BCUT2D eigenvalue weighted by Gasteiger charge is 2.26. The summed E-state index contributed by atoms with van der Waals surface area (Å²) >= 11 is 0. The Balaban J connectivity index is 2.27. The molecule has 1 aromatic heterocycles. The van der Waals surface area contributed by atoms with E-state index in [2.05, 4.69) is 6.92 Å². The molecule has 1 heterocycles. The molecule has 0 bridgehead atoms. The molecule has 23 heavy (non-hydrogen) atoms. The third-order valence-corrected chi connectivity index (χ3v) is 4.86. The predicted octanol–water partition coefficient (Wildman–Crippen LogP) is 4.23. The minimum absolute atomic E-state index is 0.0227. The van der Waals surface area contributed by atoms with E-state index in [0.717, 1.165) is 12.8 Å². The van der Waals surface area contributed by atoms with Gasteiger partial charge in [-0.25, -0.2) is 4.55 Å². The molecule has 1 aromatic rings. The summed E-state index contributed by atoms with van der Waals surface area (Å²) in [5, 5.41) is 0. The standard InChI is InChI=1S/C17H28FNO3S/c1-2-3-4-5-6-7-8-9-10-11-14-17-16(18)13-12-15-19(17)23(20,21)22/h12-13,15H,2-11,14H2,1H3/p+1. The molecule has 0 aliphatic carbocycles. The van der Waals surface area contributed by atoms with Crippen LogP contribution in [0, 0.1) is 5.82 Å². The van der Waals surface area contributed by atoms with E-state index < -0.39 is 16.1 Å². The van der Waals surface area contributed by atoms with Gasteiger partial charge in [-0.15, -0.1) is 8.42 Å². The van der Waals surface area contributed by atoms with Crippen LogP contribution in [0.3, 0.4) is 0 Å². The van der Waals surface area contributed by atoms with E-state index in [9.17, 15) is 12.8 Å². The van der Waals surface area contributed by atoms with E-state index in [-0.39, 0.29) is 5.69 Å². The number of halogens is 1. The Morgan fingerprint density at radius 2 is 1.52 bits per heavy atom. The molecule has 4 nitrogen and oxygen atoms in total. The molecule has 0 aliphatic heterocycles. The van der Waals surface area contributed by atoms with Crippen LogP contribution in [0.25, 0.3) is 0 Å². The first-order valence-electron chi connectivity index (χ1n) is 8.64. The minimum atomic E-state index is -4.44. The van der Waals surface area contributed by atoms with Gasteiger partial charge in [-0.05, 0) is 12.5 Å². The molecule has 132 valence electrons. The zero-order chi connectivity index (χ0) is 17.1. The Morgan fingerprint density at radius 1 is 1.00 bits per heavy atom. The van der Waals surface area contributed by atoms with Crippen LogP contribution in [-0.4, -0.2) is 13.0 Å². The van der Waals surface area contributed by atoms with Gasteiger partial charge in [0.15, 0.2) is 12.0 Å². The van der Waals surface area contributed by atoms with Gasteiger partial charge in [0.2, 0.25) is 5.69 Å². The van der Waals surface area contributed by atoms with Crippen LogP contribution >= 0.6 is 0 Å². The monoisotopic (exact) mass is 346 g/mol. The van der Waals surface area contributed by atoms with Crippen LogP contribution in [0.5, 0.6) is 0 Å². The number of hydrogen-bond acceptors (Lipinski definition) is 2. The van der Waals surface area contributed by atoms with Gasteiger partial charge in [-0.1, -0.05) is 68.7 Å². The number of unbranched alkanes of at least 4 members (excludes halogenated alkanes) is 9.